The molecule has 1 N–H and O–H groups in total. The largest absolute Gasteiger partial charge is 0.493 e. The molecule has 0 spiro atoms. The lowest BCUT2D eigenvalue weighted by atomic mass is 10.1. The number of aromatic carboxylic acids is 1. The molecule has 0 amide bonds. The van der Waals surface area contributed by atoms with Gasteiger partial charge in [-0.2, -0.15) is 0 Å². The van der Waals surface area contributed by atoms with Gasteiger partial charge in [0.25, 0.3) is 0 Å². The Hall–Kier alpha value is -3.54. The van der Waals surface area contributed by atoms with Crippen molar-refractivity contribution >= 4 is 17.9 Å². The third kappa shape index (κ3) is 4.59. The Bertz CT molecular complexity index is 1020. The highest BCUT2D eigenvalue weighted by Gasteiger charge is 2.11. The number of carbonyl (C=O) groups is 1. The second-order valence-corrected chi connectivity index (χ2v) is 6.32. The molecule has 28 heavy (non-hydrogen) atoms. The van der Waals surface area contributed by atoms with E-state index in [0.29, 0.717) is 17.3 Å². The van der Waals surface area contributed by atoms with Crippen LogP contribution in [0.2, 0.25) is 0 Å². The van der Waals surface area contributed by atoms with Gasteiger partial charge >= 0.3 is 5.97 Å². The molecule has 0 saturated carbocycles. The van der Waals surface area contributed by atoms with Crippen molar-refractivity contribution < 1.29 is 23.8 Å². The molecule has 1 heterocycles. The number of aryl methyl sites for hydroxylation is 2. The quantitative estimate of drug-likeness (QED) is 0.589. The van der Waals surface area contributed by atoms with E-state index in [1.54, 1.807) is 25.5 Å². The van der Waals surface area contributed by atoms with Crippen LogP contribution >= 0.6 is 0 Å². The number of rotatable bonds is 7. The summed E-state index contributed by atoms with van der Waals surface area (Å²) in [6.45, 7) is 4.15. The number of furan rings is 1. The van der Waals surface area contributed by atoms with E-state index in [2.05, 4.69) is 11.1 Å². The molecule has 0 saturated heterocycles. The smallest absolute Gasteiger partial charge is 0.371 e. The minimum atomic E-state index is -1.11. The van der Waals surface area contributed by atoms with Crippen LogP contribution in [0.3, 0.4) is 0 Å². The van der Waals surface area contributed by atoms with E-state index >= 15 is 0 Å². The van der Waals surface area contributed by atoms with Gasteiger partial charge in [-0.15, -0.1) is 0 Å². The Kier molecular flexibility index (Phi) is 5.79. The van der Waals surface area contributed by atoms with Crippen LogP contribution in [0, 0.1) is 13.8 Å². The zero-order valence-electron chi connectivity index (χ0n) is 15.9. The molecule has 0 bridgehead atoms. The van der Waals surface area contributed by atoms with E-state index in [1.807, 2.05) is 38.1 Å². The van der Waals surface area contributed by atoms with E-state index in [4.69, 9.17) is 19.0 Å². The standard InChI is InChI=1S/C22H21NO5/c1-14-4-5-15(2)18(10-14)23-12-16-6-8-19(21(11-16)26-3)27-13-17-7-9-20(28-17)22(24)25/h4-12H,13H2,1-3H3,(H,24,25). The maximum atomic E-state index is 10.9. The molecule has 0 aliphatic rings. The molecule has 1 aromatic heterocycles. The van der Waals surface area contributed by atoms with Gasteiger partial charge in [0.05, 0.1) is 12.8 Å². The van der Waals surface area contributed by atoms with Gasteiger partial charge in [0.15, 0.2) is 11.5 Å². The van der Waals surface area contributed by atoms with Gasteiger partial charge in [0, 0.05) is 6.21 Å². The molecular weight excluding hydrogens is 358 g/mol. The summed E-state index contributed by atoms with van der Waals surface area (Å²) >= 11 is 0. The predicted octanol–water partition coefficient (Wildman–Crippen LogP) is 4.93. The molecule has 3 rings (SSSR count). The molecule has 0 fully saturated rings. The second kappa shape index (κ2) is 8.43. The predicted molar refractivity (Wildman–Crippen MR) is 106 cm³/mol. The van der Waals surface area contributed by atoms with E-state index in [0.717, 1.165) is 22.4 Å². The van der Waals surface area contributed by atoms with Crippen molar-refractivity contribution in [3.05, 3.63) is 76.7 Å². The number of carboxylic acid groups (broad SMARTS) is 1. The first-order valence-electron chi connectivity index (χ1n) is 8.70. The van der Waals surface area contributed by atoms with Crippen LogP contribution in [-0.2, 0) is 6.61 Å². The summed E-state index contributed by atoms with van der Waals surface area (Å²) in [4.78, 5) is 15.4. The van der Waals surface area contributed by atoms with E-state index in [-0.39, 0.29) is 12.4 Å². The van der Waals surface area contributed by atoms with Crippen molar-refractivity contribution in [3.8, 4) is 11.5 Å². The summed E-state index contributed by atoms with van der Waals surface area (Å²) in [5.41, 5.74) is 4.05. The Balaban J connectivity index is 1.73. The van der Waals surface area contributed by atoms with Crippen molar-refractivity contribution in [1.82, 2.24) is 0 Å². The van der Waals surface area contributed by atoms with Crippen molar-refractivity contribution in [1.29, 1.82) is 0 Å². The van der Waals surface area contributed by atoms with Crippen LogP contribution in [-0.4, -0.2) is 24.4 Å². The number of ether oxygens (including phenoxy) is 2. The van der Waals surface area contributed by atoms with Crippen molar-refractivity contribution in [2.24, 2.45) is 4.99 Å². The molecule has 0 aliphatic carbocycles. The van der Waals surface area contributed by atoms with Crippen LogP contribution in [0.5, 0.6) is 11.5 Å². The second-order valence-electron chi connectivity index (χ2n) is 6.32. The fourth-order valence-electron chi connectivity index (χ4n) is 2.61. The van der Waals surface area contributed by atoms with Crippen LogP contribution in [0.4, 0.5) is 5.69 Å². The summed E-state index contributed by atoms with van der Waals surface area (Å²) in [6, 6.07) is 14.6. The first-order chi connectivity index (χ1) is 13.5. The summed E-state index contributed by atoms with van der Waals surface area (Å²) < 4.78 is 16.3. The Morgan fingerprint density at radius 3 is 2.64 bits per heavy atom. The minimum Gasteiger partial charge on any atom is -0.493 e. The minimum absolute atomic E-state index is 0.0968. The first-order valence-corrected chi connectivity index (χ1v) is 8.70. The normalized spacial score (nSPS) is 11.0. The van der Waals surface area contributed by atoms with Crippen molar-refractivity contribution in [3.63, 3.8) is 0 Å². The van der Waals surface area contributed by atoms with Gasteiger partial charge in [-0.25, -0.2) is 4.79 Å². The highest BCUT2D eigenvalue weighted by Crippen LogP contribution is 2.29. The highest BCUT2D eigenvalue weighted by atomic mass is 16.5. The molecule has 0 unspecified atom stereocenters. The molecule has 6 heteroatoms. The van der Waals surface area contributed by atoms with E-state index in [1.165, 1.54) is 6.07 Å². The SMILES string of the molecule is COc1cc(C=Nc2cc(C)ccc2C)ccc1OCc1ccc(C(=O)O)o1. The summed E-state index contributed by atoms with van der Waals surface area (Å²) in [6.07, 6.45) is 1.78. The van der Waals surface area contributed by atoms with Crippen LogP contribution in [0.15, 0.2) is 57.9 Å². The average molecular weight is 379 g/mol. The fraction of sp³-hybridized carbons (Fsp3) is 0.182. The van der Waals surface area contributed by atoms with Gasteiger partial charge in [-0.1, -0.05) is 12.1 Å². The van der Waals surface area contributed by atoms with Crippen molar-refractivity contribution in [2.75, 3.05) is 7.11 Å². The highest BCUT2D eigenvalue weighted by molar-refractivity contribution is 5.84. The molecule has 0 atom stereocenters. The number of carboxylic acids is 1. The Labute approximate surface area is 163 Å². The molecule has 2 aromatic carbocycles. The zero-order valence-corrected chi connectivity index (χ0v) is 15.9. The Morgan fingerprint density at radius 1 is 1.11 bits per heavy atom. The molecule has 3 aromatic rings. The topological polar surface area (TPSA) is 81.3 Å². The molecule has 6 nitrogen and oxygen atoms in total. The maximum Gasteiger partial charge on any atom is 0.371 e. The lowest BCUT2D eigenvalue weighted by Crippen LogP contribution is -1.98. The summed E-state index contributed by atoms with van der Waals surface area (Å²) in [5, 5.41) is 8.89. The molecule has 0 aliphatic heterocycles. The molecule has 144 valence electrons. The fourth-order valence-corrected chi connectivity index (χ4v) is 2.61. The first kappa shape index (κ1) is 19.2. The van der Waals surface area contributed by atoms with Gasteiger partial charge in [-0.05, 0) is 66.9 Å². The van der Waals surface area contributed by atoms with Crippen LogP contribution < -0.4 is 9.47 Å². The number of hydrogen-bond donors (Lipinski definition) is 1. The Morgan fingerprint density at radius 2 is 1.93 bits per heavy atom. The van der Waals surface area contributed by atoms with Crippen molar-refractivity contribution in [2.45, 2.75) is 20.5 Å². The monoisotopic (exact) mass is 379 g/mol. The number of benzene rings is 2. The van der Waals surface area contributed by atoms with Gasteiger partial charge in [-0.3, -0.25) is 4.99 Å². The van der Waals surface area contributed by atoms with Crippen LogP contribution in [0.1, 0.15) is 33.0 Å². The van der Waals surface area contributed by atoms with E-state index < -0.39 is 5.97 Å². The number of hydrogen-bond acceptors (Lipinski definition) is 5. The third-order valence-electron chi connectivity index (χ3n) is 4.15. The lowest BCUT2D eigenvalue weighted by molar-refractivity contribution is 0.0658. The summed E-state index contributed by atoms with van der Waals surface area (Å²) in [5.74, 6) is 0.259. The summed E-state index contributed by atoms with van der Waals surface area (Å²) in [7, 11) is 1.56. The number of nitrogens with zero attached hydrogens (tertiary/aromatic N) is 1. The maximum absolute atomic E-state index is 10.9. The molecular formula is C22H21NO5. The zero-order chi connectivity index (χ0) is 20.1. The average Bonchev–Trinajstić information content (AvgIpc) is 3.16. The lowest BCUT2D eigenvalue weighted by Gasteiger charge is -2.10. The number of aliphatic imine (C=N–C) groups is 1. The van der Waals surface area contributed by atoms with Crippen LogP contribution in [0.25, 0.3) is 0 Å². The third-order valence-corrected chi connectivity index (χ3v) is 4.15. The van der Waals surface area contributed by atoms with Gasteiger partial charge in [0.2, 0.25) is 5.76 Å². The van der Waals surface area contributed by atoms with Gasteiger partial charge < -0.3 is 19.0 Å². The van der Waals surface area contributed by atoms with E-state index in [9.17, 15) is 4.79 Å². The number of methoxy groups -OCH3 is 1. The molecule has 0 radical (unpaired) electrons. The van der Waals surface area contributed by atoms with Gasteiger partial charge in [0.1, 0.15) is 12.4 Å².